The van der Waals surface area contributed by atoms with Gasteiger partial charge in [-0.3, -0.25) is 0 Å². The van der Waals surface area contributed by atoms with E-state index in [0.29, 0.717) is 12.8 Å². The van der Waals surface area contributed by atoms with Crippen molar-refractivity contribution in [3.63, 3.8) is 0 Å². The average Bonchev–Trinajstić information content (AvgIpc) is 2.54. The molecular formula is C20H21N3O. The van der Waals surface area contributed by atoms with E-state index in [-0.39, 0.29) is 5.75 Å². The maximum atomic E-state index is 9.61. The summed E-state index contributed by atoms with van der Waals surface area (Å²) in [5, 5.41) is 9.61. The highest BCUT2D eigenvalue weighted by molar-refractivity contribution is 5.29. The van der Waals surface area contributed by atoms with Crippen molar-refractivity contribution in [3.8, 4) is 5.75 Å². The van der Waals surface area contributed by atoms with E-state index >= 15 is 0 Å². The summed E-state index contributed by atoms with van der Waals surface area (Å²) in [7, 11) is 0. The summed E-state index contributed by atoms with van der Waals surface area (Å²) < 4.78 is 0. The van der Waals surface area contributed by atoms with Crippen molar-refractivity contribution < 1.29 is 5.11 Å². The van der Waals surface area contributed by atoms with Crippen molar-refractivity contribution in [1.29, 1.82) is 0 Å². The van der Waals surface area contributed by atoms with Gasteiger partial charge in [0.2, 0.25) is 0 Å². The van der Waals surface area contributed by atoms with Gasteiger partial charge in [-0.2, -0.15) is 0 Å². The van der Waals surface area contributed by atoms with Crippen LogP contribution in [0.2, 0.25) is 0 Å². The molecule has 4 nitrogen and oxygen atoms in total. The van der Waals surface area contributed by atoms with E-state index in [9.17, 15) is 5.11 Å². The van der Waals surface area contributed by atoms with Crippen LogP contribution >= 0.6 is 0 Å². The van der Waals surface area contributed by atoms with Crippen LogP contribution in [0.5, 0.6) is 5.75 Å². The summed E-state index contributed by atoms with van der Waals surface area (Å²) in [6.07, 6.45) is 2.06. The first-order chi connectivity index (χ1) is 11.6. The van der Waals surface area contributed by atoms with Crippen LogP contribution in [0.1, 0.15) is 41.1 Å². The van der Waals surface area contributed by atoms with E-state index in [4.69, 9.17) is 0 Å². The number of rotatable bonds is 5. The summed E-state index contributed by atoms with van der Waals surface area (Å²) in [4.78, 5) is 13.7. The second-order valence-electron chi connectivity index (χ2n) is 5.95. The Morgan fingerprint density at radius 1 is 0.792 bits per heavy atom. The fourth-order valence-electron chi connectivity index (χ4n) is 2.69. The Bertz CT molecular complexity index is 780. The van der Waals surface area contributed by atoms with E-state index in [0.717, 1.165) is 29.5 Å². The number of aryl methyl sites for hydroxylation is 2. The van der Waals surface area contributed by atoms with Gasteiger partial charge in [-0.25, -0.2) is 15.0 Å². The molecule has 0 aliphatic carbocycles. The highest BCUT2D eigenvalue weighted by Gasteiger charge is 2.08. The third-order valence-electron chi connectivity index (χ3n) is 3.81. The third kappa shape index (κ3) is 4.16. The molecule has 1 N–H and O–H groups in total. The topological polar surface area (TPSA) is 58.9 Å². The number of hydrogen-bond donors (Lipinski definition) is 1. The zero-order chi connectivity index (χ0) is 16.9. The molecule has 0 aliphatic heterocycles. The van der Waals surface area contributed by atoms with E-state index < -0.39 is 0 Å². The van der Waals surface area contributed by atoms with E-state index in [1.54, 1.807) is 12.1 Å². The van der Waals surface area contributed by atoms with Crippen LogP contribution in [0, 0.1) is 6.92 Å². The fourth-order valence-corrected chi connectivity index (χ4v) is 2.69. The molecule has 0 atom stereocenters. The molecule has 0 unspecified atom stereocenters. The molecule has 3 rings (SSSR count). The van der Waals surface area contributed by atoms with Gasteiger partial charge in [0.15, 0.2) is 0 Å². The quantitative estimate of drug-likeness (QED) is 0.780. The molecule has 0 bridgehead atoms. The molecule has 24 heavy (non-hydrogen) atoms. The van der Waals surface area contributed by atoms with Crippen LogP contribution in [0.25, 0.3) is 0 Å². The fraction of sp³-hybridized carbons (Fsp3) is 0.250. The summed E-state index contributed by atoms with van der Waals surface area (Å²) >= 11 is 0. The second-order valence-corrected chi connectivity index (χ2v) is 5.95. The first-order valence-corrected chi connectivity index (χ1v) is 8.18. The summed E-state index contributed by atoms with van der Waals surface area (Å²) in [5.74, 6) is 2.61. The third-order valence-corrected chi connectivity index (χ3v) is 3.81. The summed E-state index contributed by atoms with van der Waals surface area (Å²) in [5.41, 5.74) is 3.42. The van der Waals surface area contributed by atoms with Crippen LogP contribution in [0.4, 0.5) is 0 Å². The molecule has 0 amide bonds. The Labute approximate surface area is 142 Å². The zero-order valence-corrected chi connectivity index (χ0v) is 14.0. The lowest BCUT2D eigenvalue weighted by atomic mass is 10.1. The monoisotopic (exact) mass is 319 g/mol. The van der Waals surface area contributed by atoms with Gasteiger partial charge in [-0.05, 0) is 30.2 Å². The lowest BCUT2D eigenvalue weighted by Crippen LogP contribution is -2.08. The van der Waals surface area contributed by atoms with Gasteiger partial charge in [-0.15, -0.1) is 0 Å². The molecule has 0 saturated carbocycles. The van der Waals surface area contributed by atoms with Gasteiger partial charge in [0.05, 0.1) is 0 Å². The molecule has 1 heterocycles. The normalized spacial score (nSPS) is 10.8. The second kappa shape index (κ2) is 7.21. The van der Waals surface area contributed by atoms with E-state index in [2.05, 4.69) is 46.1 Å². The van der Waals surface area contributed by atoms with Gasteiger partial charge in [0, 0.05) is 19.3 Å². The Hall–Kier alpha value is -2.75. The van der Waals surface area contributed by atoms with Gasteiger partial charge in [0.1, 0.15) is 23.2 Å². The Balaban J connectivity index is 1.87. The van der Waals surface area contributed by atoms with Crippen molar-refractivity contribution >= 4 is 0 Å². The molecule has 3 aromatic rings. The Kier molecular flexibility index (Phi) is 4.85. The molecule has 122 valence electrons. The smallest absolute Gasteiger partial charge is 0.137 e. The van der Waals surface area contributed by atoms with Gasteiger partial charge in [0.25, 0.3) is 0 Å². The van der Waals surface area contributed by atoms with Gasteiger partial charge >= 0.3 is 0 Å². The van der Waals surface area contributed by atoms with Gasteiger partial charge in [-0.1, -0.05) is 48.9 Å². The lowest BCUT2D eigenvalue weighted by molar-refractivity contribution is 0.474. The standard InChI is InChI=1S/C20H21N3O/c1-3-18-21-19(12-15-7-4-6-14(2)10-15)23-20(22-18)13-16-8-5-9-17(24)11-16/h4-11,24H,3,12-13H2,1-2H3. The van der Waals surface area contributed by atoms with Crippen LogP contribution in [-0.2, 0) is 19.3 Å². The van der Waals surface area contributed by atoms with Crippen molar-refractivity contribution in [3.05, 3.63) is 82.7 Å². The Morgan fingerprint density at radius 3 is 1.96 bits per heavy atom. The summed E-state index contributed by atoms with van der Waals surface area (Å²) in [6, 6.07) is 15.6. The highest BCUT2D eigenvalue weighted by Crippen LogP contribution is 2.14. The van der Waals surface area contributed by atoms with E-state index in [1.165, 1.54) is 11.1 Å². The first-order valence-electron chi connectivity index (χ1n) is 8.18. The zero-order valence-electron chi connectivity index (χ0n) is 14.0. The molecule has 0 fully saturated rings. The molecular weight excluding hydrogens is 298 g/mol. The molecule has 0 saturated heterocycles. The minimum absolute atomic E-state index is 0.261. The number of nitrogens with zero attached hydrogens (tertiary/aromatic N) is 3. The van der Waals surface area contributed by atoms with E-state index in [1.807, 2.05) is 19.1 Å². The number of aromatic hydroxyl groups is 1. The lowest BCUT2D eigenvalue weighted by Gasteiger charge is -2.07. The van der Waals surface area contributed by atoms with Crippen molar-refractivity contribution in [2.75, 3.05) is 0 Å². The highest BCUT2D eigenvalue weighted by atomic mass is 16.3. The molecule has 0 radical (unpaired) electrons. The summed E-state index contributed by atoms with van der Waals surface area (Å²) in [6.45, 7) is 4.13. The SMILES string of the molecule is CCc1nc(Cc2cccc(C)c2)nc(Cc2cccc(O)c2)n1. The maximum absolute atomic E-state index is 9.61. The van der Waals surface area contributed by atoms with Crippen molar-refractivity contribution in [2.24, 2.45) is 0 Å². The minimum Gasteiger partial charge on any atom is -0.508 e. The maximum Gasteiger partial charge on any atom is 0.137 e. The Morgan fingerprint density at radius 2 is 1.38 bits per heavy atom. The van der Waals surface area contributed by atoms with Crippen LogP contribution in [0.15, 0.2) is 48.5 Å². The number of phenols is 1. The first kappa shape index (κ1) is 16.1. The van der Waals surface area contributed by atoms with Crippen LogP contribution in [0.3, 0.4) is 0 Å². The van der Waals surface area contributed by atoms with Gasteiger partial charge < -0.3 is 5.11 Å². The molecule has 4 heteroatoms. The predicted molar refractivity (Wildman–Crippen MR) is 94.1 cm³/mol. The number of aromatic nitrogens is 3. The van der Waals surface area contributed by atoms with Crippen molar-refractivity contribution in [1.82, 2.24) is 15.0 Å². The molecule has 0 spiro atoms. The minimum atomic E-state index is 0.261. The molecule has 2 aromatic carbocycles. The van der Waals surface area contributed by atoms with Crippen molar-refractivity contribution in [2.45, 2.75) is 33.1 Å². The van der Waals surface area contributed by atoms with Crippen LogP contribution in [-0.4, -0.2) is 20.1 Å². The average molecular weight is 319 g/mol. The predicted octanol–water partition coefficient (Wildman–Crippen LogP) is 3.63. The molecule has 0 aliphatic rings. The van der Waals surface area contributed by atoms with Crippen LogP contribution < -0.4 is 0 Å². The number of hydrogen-bond acceptors (Lipinski definition) is 4. The number of benzene rings is 2. The largest absolute Gasteiger partial charge is 0.508 e. The molecule has 1 aromatic heterocycles. The number of phenolic OH excluding ortho intramolecular Hbond substituents is 1.